The van der Waals surface area contributed by atoms with Crippen LogP contribution in [0.2, 0.25) is 0 Å². The molecule has 0 N–H and O–H groups in total. The third-order valence-corrected chi connectivity index (χ3v) is 2.85. The number of unbranched alkanes of at least 4 members (excludes halogenated alkanes) is 2. The molecule has 88 valence electrons. The molecule has 0 fully saturated rings. The van der Waals surface area contributed by atoms with Gasteiger partial charge < -0.3 is 4.74 Å². The summed E-state index contributed by atoms with van der Waals surface area (Å²) in [6, 6.07) is 0. The van der Waals surface area contributed by atoms with Crippen LogP contribution >= 0.6 is 0 Å². The molecular formula is C13H24O2. The third kappa shape index (κ3) is 8.22. The van der Waals surface area contributed by atoms with Gasteiger partial charge in [0.25, 0.3) is 0 Å². The first-order valence-corrected chi connectivity index (χ1v) is 5.87. The summed E-state index contributed by atoms with van der Waals surface area (Å²) in [5.74, 6) is 1.25. The Labute approximate surface area is 93.7 Å². The van der Waals surface area contributed by atoms with Crippen LogP contribution in [0.3, 0.4) is 0 Å². The van der Waals surface area contributed by atoms with Crippen molar-refractivity contribution in [3.05, 3.63) is 12.7 Å². The molecule has 0 aromatic rings. The topological polar surface area (TPSA) is 26.3 Å². The predicted molar refractivity (Wildman–Crippen MR) is 63.6 cm³/mol. The maximum atomic E-state index is 10.7. The van der Waals surface area contributed by atoms with Crippen LogP contribution < -0.4 is 0 Å². The van der Waals surface area contributed by atoms with Crippen molar-refractivity contribution in [2.75, 3.05) is 6.61 Å². The lowest BCUT2D eigenvalue weighted by molar-refractivity contribution is -0.137. The van der Waals surface area contributed by atoms with Crippen LogP contribution in [0.15, 0.2) is 12.7 Å². The molecule has 0 spiro atoms. The Hall–Kier alpha value is -0.790. The number of hydrogen-bond acceptors (Lipinski definition) is 2. The standard InChI is InChI=1S/C13H24O2/c1-5-13(14)15-10-8-6-7-9-12(4)11(2)3/h5,11-12H,1,6-10H2,2-4H3. The van der Waals surface area contributed by atoms with Crippen LogP contribution in [0.1, 0.15) is 46.5 Å². The minimum atomic E-state index is -0.314. The van der Waals surface area contributed by atoms with Crippen molar-refractivity contribution in [2.24, 2.45) is 11.8 Å². The van der Waals surface area contributed by atoms with E-state index in [1.807, 2.05) is 0 Å². The van der Waals surface area contributed by atoms with Crippen LogP contribution in [0.4, 0.5) is 0 Å². The molecule has 0 aliphatic rings. The van der Waals surface area contributed by atoms with Crippen molar-refractivity contribution in [1.82, 2.24) is 0 Å². The zero-order valence-corrected chi connectivity index (χ0v) is 10.3. The number of esters is 1. The average Bonchev–Trinajstić information content (AvgIpc) is 2.22. The summed E-state index contributed by atoms with van der Waals surface area (Å²) < 4.78 is 4.89. The normalized spacial score (nSPS) is 12.5. The highest BCUT2D eigenvalue weighted by molar-refractivity contribution is 5.81. The molecule has 0 saturated carbocycles. The van der Waals surface area contributed by atoms with E-state index in [-0.39, 0.29) is 5.97 Å². The number of ether oxygens (including phenoxy) is 1. The lowest BCUT2D eigenvalue weighted by atomic mass is 9.92. The summed E-state index contributed by atoms with van der Waals surface area (Å²) in [6.45, 7) is 10.7. The molecule has 1 unspecified atom stereocenters. The Morgan fingerprint density at radius 1 is 1.27 bits per heavy atom. The molecule has 0 rings (SSSR count). The Morgan fingerprint density at radius 3 is 2.47 bits per heavy atom. The Kier molecular flexibility index (Phi) is 8.06. The molecule has 1 atom stereocenters. The summed E-state index contributed by atoms with van der Waals surface area (Å²) >= 11 is 0. The van der Waals surface area contributed by atoms with Gasteiger partial charge in [0.2, 0.25) is 0 Å². The van der Waals surface area contributed by atoms with Crippen molar-refractivity contribution in [1.29, 1.82) is 0 Å². The summed E-state index contributed by atoms with van der Waals surface area (Å²) in [5, 5.41) is 0. The van der Waals surface area contributed by atoms with Gasteiger partial charge in [-0.2, -0.15) is 0 Å². The zero-order valence-electron chi connectivity index (χ0n) is 10.3. The molecule has 2 heteroatoms. The smallest absolute Gasteiger partial charge is 0.330 e. The maximum absolute atomic E-state index is 10.7. The van der Waals surface area contributed by atoms with Gasteiger partial charge in [-0.1, -0.05) is 46.6 Å². The van der Waals surface area contributed by atoms with Gasteiger partial charge in [0.15, 0.2) is 0 Å². The first-order valence-electron chi connectivity index (χ1n) is 5.87. The van der Waals surface area contributed by atoms with Crippen LogP contribution in [0.5, 0.6) is 0 Å². The van der Waals surface area contributed by atoms with Crippen LogP contribution in [0.25, 0.3) is 0 Å². The van der Waals surface area contributed by atoms with Gasteiger partial charge >= 0.3 is 5.97 Å². The molecule has 0 bridgehead atoms. The fraction of sp³-hybridized carbons (Fsp3) is 0.769. The van der Waals surface area contributed by atoms with E-state index in [1.165, 1.54) is 18.9 Å². The Morgan fingerprint density at radius 2 is 1.93 bits per heavy atom. The van der Waals surface area contributed by atoms with Gasteiger partial charge in [-0.15, -0.1) is 0 Å². The van der Waals surface area contributed by atoms with Gasteiger partial charge in [-0.25, -0.2) is 4.79 Å². The molecular weight excluding hydrogens is 188 g/mol. The molecule has 0 aliphatic heterocycles. The fourth-order valence-electron chi connectivity index (χ4n) is 1.31. The lowest BCUT2D eigenvalue weighted by Crippen LogP contribution is -2.04. The van der Waals surface area contributed by atoms with Gasteiger partial charge in [-0.05, 0) is 18.3 Å². The summed E-state index contributed by atoms with van der Waals surface area (Å²) in [7, 11) is 0. The summed E-state index contributed by atoms with van der Waals surface area (Å²) in [4.78, 5) is 10.7. The van der Waals surface area contributed by atoms with E-state index < -0.39 is 0 Å². The van der Waals surface area contributed by atoms with E-state index in [0.29, 0.717) is 6.61 Å². The fourth-order valence-corrected chi connectivity index (χ4v) is 1.31. The van der Waals surface area contributed by atoms with Crippen LogP contribution in [0, 0.1) is 11.8 Å². The van der Waals surface area contributed by atoms with Crippen molar-refractivity contribution in [2.45, 2.75) is 46.5 Å². The average molecular weight is 212 g/mol. The van der Waals surface area contributed by atoms with E-state index in [2.05, 4.69) is 27.4 Å². The van der Waals surface area contributed by atoms with Crippen molar-refractivity contribution >= 4 is 5.97 Å². The van der Waals surface area contributed by atoms with E-state index >= 15 is 0 Å². The lowest BCUT2D eigenvalue weighted by Gasteiger charge is -2.14. The number of carbonyl (C=O) groups excluding carboxylic acids is 1. The van der Waals surface area contributed by atoms with Crippen LogP contribution in [-0.4, -0.2) is 12.6 Å². The first kappa shape index (κ1) is 14.2. The molecule has 0 heterocycles. The number of rotatable bonds is 8. The number of carbonyl (C=O) groups is 1. The molecule has 0 saturated heterocycles. The van der Waals surface area contributed by atoms with E-state index in [4.69, 9.17) is 4.74 Å². The molecule has 0 aliphatic carbocycles. The first-order chi connectivity index (χ1) is 7.07. The van der Waals surface area contributed by atoms with E-state index in [0.717, 1.165) is 24.7 Å². The van der Waals surface area contributed by atoms with Crippen molar-refractivity contribution in [3.63, 3.8) is 0 Å². The van der Waals surface area contributed by atoms with Crippen LogP contribution in [-0.2, 0) is 9.53 Å². The highest BCUT2D eigenvalue weighted by Crippen LogP contribution is 2.17. The van der Waals surface area contributed by atoms with Gasteiger partial charge in [0, 0.05) is 6.08 Å². The highest BCUT2D eigenvalue weighted by Gasteiger charge is 2.05. The predicted octanol–water partition coefficient (Wildman–Crippen LogP) is 3.57. The molecule has 0 amide bonds. The quantitative estimate of drug-likeness (QED) is 0.349. The summed E-state index contributed by atoms with van der Waals surface area (Å²) in [6.07, 6.45) is 5.81. The van der Waals surface area contributed by atoms with Crippen molar-refractivity contribution in [3.8, 4) is 0 Å². The van der Waals surface area contributed by atoms with Crippen molar-refractivity contribution < 1.29 is 9.53 Å². The summed E-state index contributed by atoms with van der Waals surface area (Å²) in [5.41, 5.74) is 0. The largest absolute Gasteiger partial charge is 0.463 e. The monoisotopic (exact) mass is 212 g/mol. The zero-order chi connectivity index (χ0) is 11.7. The Balaban J connectivity index is 3.25. The second-order valence-electron chi connectivity index (χ2n) is 4.44. The second kappa shape index (κ2) is 8.51. The highest BCUT2D eigenvalue weighted by atomic mass is 16.5. The maximum Gasteiger partial charge on any atom is 0.330 e. The molecule has 0 aromatic heterocycles. The van der Waals surface area contributed by atoms with Gasteiger partial charge in [-0.3, -0.25) is 0 Å². The third-order valence-electron chi connectivity index (χ3n) is 2.85. The molecule has 2 nitrogen and oxygen atoms in total. The molecule has 15 heavy (non-hydrogen) atoms. The molecule has 0 radical (unpaired) electrons. The minimum absolute atomic E-state index is 0.314. The molecule has 0 aromatic carbocycles. The SMILES string of the molecule is C=CC(=O)OCCCCCC(C)C(C)C. The second-order valence-corrected chi connectivity index (χ2v) is 4.44. The Bertz CT molecular complexity index is 185. The van der Waals surface area contributed by atoms with E-state index in [1.54, 1.807) is 0 Å². The van der Waals surface area contributed by atoms with E-state index in [9.17, 15) is 4.79 Å². The van der Waals surface area contributed by atoms with Gasteiger partial charge in [0.05, 0.1) is 6.61 Å². The van der Waals surface area contributed by atoms with Gasteiger partial charge in [0.1, 0.15) is 0 Å². The number of hydrogen-bond donors (Lipinski definition) is 0. The minimum Gasteiger partial charge on any atom is -0.463 e.